The lowest BCUT2D eigenvalue weighted by Crippen LogP contribution is -1.99. The Labute approximate surface area is 95.2 Å². The van der Waals surface area contributed by atoms with Crippen LogP contribution in [-0.4, -0.2) is 15.1 Å². The Morgan fingerprint density at radius 3 is 2.00 bits per heavy atom. The molecule has 0 saturated carbocycles. The number of aromatic nitrogens is 2. The third-order valence-corrected chi connectivity index (χ3v) is 3.26. The van der Waals surface area contributed by atoms with Gasteiger partial charge < -0.3 is 5.11 Å². The Balaban J connectivity index is 3.07. The first-order valence-corrected chi connectivity index (χ1v) is 5.37. The number of rotatable bonds is 0. The van der Waals surface area contributed by atoms with E-state index in [2.05, 4.69) is 16.9 Å². The number of fused-ring (bicyclic) bond motifs is 1. The highest BCUT2D eigenvalue weighted by atomic mass is 16.3. The Hall–Kier alpha value is -1.64. The number of aryl methyl sites for hydroxylation is 4. The zero-order valence-electron chi connectivity index (χ0n) is 10.3. The third kappa shape index (κ3) is 1.35. The standard InChI is InChI=1S/C13H16N2O/c1-6-7(2)11-9(4)14-10(5)13(16)12(11)15-8(6)3/h16H,1-5H3. The molecule has 0 unspecified atom stereocenters. The van der Waals surface area contributed by atoms with Gasteiger partial charge in [0, 0.05) is 16.8 Å². The van der Waals surface area contributed by atoms with Gasteiger partial charge in [-0.15, -0.1) is 0 Å². The summed E-state index contributed by atoms with van der Waals surface area (Å²) in [5.41, 5.74) is 5.53. The molecular formula is C13H16N2O. The van der Waals surface area contributed by atoms with Gasteiger partial charge in [0.2, 0.25) is 0 Å². The molecule has 1 N–H and O–H groups in total. The van der Waals surface area contributed by atoms with Crippen molar-refractivity contribution in [1.82, 2.24) is 9.97 Å². The number of pyridine rings is 2. The predicted octanol–water partition coefficient (Wildman–Crippen LogP) is 2.88. The van der Waals surface area contributed by atoms with Crippen molar-refractivity contribution in [1.29, 1.82) is 0 Å². The first kappa shape index (κ1) is 10.9. The van der Waals surface area contributed by atoms with Crippen LogP contribution in [0.3, 0.4) is 0 Å². The van der Waals surface area contributed by atoms with Gasteiger partial charge in [0.05, 0.1) is 5.69 Å². The van der Waals surface area contributed by atoms with Crippen molar-refractivity contribution in [2.24, 2.45) is 0 Å². The van der Waals surface area contributed by atoms with E-state index in [1.807, 2.05) is 20.8 Å². The number of hydrogen-bond acceptors (Lipinski definition) is 3. The maximum absolute atomic E-state index is 10.00. The van der Waals surface area contributed by atoms with E-state index >= 15 is 0 Å². The van der Waals surface area contributed by atoms with E-state index in [1.165, 1.54) is 5.56 Å². The lowest BCUT2D eigenvalue weighted by molar-refractivity contribution is 0.472. The van der Waals surface area contributed by atoms with Gasteiger partial charge in [-0.05, 0) is 45.7 Å². The Morgan fingerprint density at radius 2 is 1.38 bits per heavy atom. The van der Waals surface area contributed by atoms with Crippen LogP contribution < -0.4 is 0 Å². The second-order valence-corrected chi connectivity index (χ2v) is 4.30. The fourth-order valence-electron chi connectivity index (χ4n) is 2.09. The molecule has 0 aromatic carbocycles. The van der Waals surface area contributed by atoms with Crippen molar-refractivity contribution in [3.05, 3.63) is 28.2 Å². The van der Waals surface area contributed by atoms with Crippen molar-refractivity contribution in [2.45, 2.75) is 34.6 Å². The van der Waals surface area contributed by atoms with E-state index in [0.29, 0.717) is 11.2 Å². The van der Waals surface area contributed by atoms with Crippen molar-refractivity contribution in [3.8, 4) is 5.75 Å². The van der Waals surface area contributed by atoms with Gasteiger partial charge in [-0.1, -0.05) is 0 Å². The van der Waals surface area contributed by atoms with Gasteiger partial charge in [-0.3, -0.25) is 4.98 Å². The molecule has 2 heterocycles. The summed E-state index contributed by atoms with van der Waals surface area (Å²) < 4.78 is 0. The number of nitrogens with zero attached hydrogens (tertiary/aromatic N) is 2. The van der Waals surface area contributed by atoms with Crippen LogP contribution in [0, 0.1) is 34.6 Å². The fourth-order valence-corrected chi connectivity index (χ4v) is 2.09. The monoisotopic (exact) mass is 216 g/mol. The molecule has 0 aliphatic heterocycles. The number of aromatic hydroxyl groups is 1. The van der Waals surface area contributed by atoms with Crippen LogP contribution in [0.1, 0.15) is 28.2 Å². The predicted molar refractivity (Wildman–Crippen MR) is 64.9 cm³/mol. The van der Waals surface area contributed by atoms with Crippen LogP contribution in [0.15, 0.2) is 0 Å². The molecule has 0 fully saturated rings. The summed E-state index contributed by atoms with van der Waals surface area (Å²) in [6, 6.07) is 0. The fraction of sp³-hybridized carbons (Fsp3) is 0.385. The van der Waals surface area contributed by atoms with Crippen molar-refractivity contribution < 1.29 is 5.11 Å². The quantitative estimate of drug-likeness (QED) is 0.736. The van der Waals surface area contributed by atoms with E-state index in [-0.39, 0.29) is 5.75 Å². The van der Waals surface area contributed by atoms with Crippen LogP contribution in [-0.2, 0) is 0 Å². The molecule has 2 aromatic heterocycles. The minimum atomic E-state index is 0.201. The van der Waals surface area contributed by atoms with Gasteiger partial charge in [0.25, 0.3) is 0 Å². The van der Waals surface area contributed by atoms with Crippen molar-refractivity contribution >= 4 is 10.9 Å². The van der Waals surface area contributed by atoms with Crippen LogP contribution >= 0.6 is 0 Å². The molecule has 0 radical (unpaired) electrons. The Morgan fingerprint density at radius 1 is 0.750 bits per heavy atom. The molecule has 2 aromatic rings. The van der Waals surface area contributed by atoms with Crippen LogP contribution in [0.2, 0.25) is 0 Å². The number of hydrogen-bond donors (Lipinski definition) is 1. The molecule has 0 saturated heterocycles. The minimum Gasteiger partial charge on any atom is -0.504 e. The summed E-state index contributed by atoms with van der Waals surface area (Å²) in [6.07, 6.45) is 0. The summed E-state index contributed by atoms with van der Waals surface area (Å²) in [6.45, 7) is 9.82. The highest BCUT2D eigenvalue weighted by molar-refractivity contribution is 5.90. The molecule has 0 aliphatic carbocycles. The largest absolute Gasteiger partial charge is 0.504 e. The van der Waals surface area contributed by atoms with Crippen molar-refractivity contribution in [3.63, 3.8) is 0 Å². The highest BCUT2D eigenvalue weighted by Crippen LogP contribution is 2.31. The first-order valence-electron chi connectivity index (χ1n) is 5.37. The average molecular weight is 216 g/mol. The molecule has 16 heavy (non-hydrogen) atoms. The third-order valence-electron chi connectivity index (χ3n) is 3.26. The van der Waals surface area contributed by atoms with Gasteiger partial charge >= 0.3 is 0 Å². The zero-order chi connectivity index (χ0) is 12.0. The van der Waals surface area contributed by atoms with E-state index < -0.39 is 0 Å². The topological polar surface area (TPSA) is 46.0 Å². The SMILES string of the molecule is Cc1nc2c(O)c(C)nc(C)c2c(C)c1C. The highest BCUT2D eigenvalue weighted by Gasteiger charge is 2.14. The van der Waals surface area contributed by atoms with E-state index in [4.69, 9.17) is 0 Å². The van der Waals surface area contributed by atoms with Crippen LogP contribution in [0.25, 0.3) is 10.9 Å². The van der Waals surface area contributed by atoms with Crippen molar-refractivity contribution in [2.75, 3.05) is 0 Å². The maximum atomic E-state index is 10.00. The summed E-state index contributed by atoms with van der Waals surface area (Å²) in [4.78, 5) is 8.81. The van der Waals surface area contributed by atoms with Crippen LogP contribution in [0.5, 0.6) is 5.75 Å². The lowest BCUT2D eigenvalue weighted by atomic mass is 10.0. The smallest absolute Gasteiger partial charge is 0.163 e. The maximum Gasteiger partial charge on any atom is 0.163 e. The van der Waals surface area contributed by atoms with E-state index in [1.54, 1.807) is 6.92 Å². The molecule has 0 atom stereocenters. The Kier molecular flexibility index (Phi) is 2.34. The molecule has 0 spiro atoms. The summed E-state index contributed by atoms with van der Waals surface area (Å²) >= 11 is 0. The molecule has 2 rings (SSSR count). The molecule has 0 bridgehead atoms. The van der Waals surface area contributed by atoms with Crippen LogP contribution in [0.4, 0.5) is 0 Å². The van der Waals surface area contributed by atoms with Gasteiger partial charge in [0.15, 0.2) is 5.75 Å². The summed E-state index contributed by atoms with van der Waals surface area (Å²) in [5.74, 6) is 0.201. The average Bonchev–Trinajstić information content (AvgIpc) is 2.22. The molecule has 3 nitrogen and oxygen atoms in total. The van der Waals surface area contributed by atoms with E-state index in [0.717, 1.165) is 22.3 Å². The Bertz CT molecular complexity index is 588. The van der Waals surface area contributed by atoms with Gasteiger partial charge in [0.1, 0.15) is 5.52 Å². The zero-order valence-corrected chi connectivity index (χ0v) is 10.3. The second kappa shape index (κ2) is 3.44. The minimum absolute atomic E-state index is 0.201. The second-order valence-electron chi connectivity index (χ2n) is 4.30. The summed E-state index contributed by atoms with van der Waals surface area (Å²) in [5, 5.41) is 11.0. The van der Waals surface area contributed by atoms with Gasteiger partial charge in [-0.25, -0.2) is 4.98 Å². The molecule has 84 valence electrons. The first-order chi connectivity index (χ1) is 7.43. The molecule has 0 aliphatic rings. The summed E-state index contributed by atoms with van der Waals surface area (Å²) in [7, 11) is 0. The normalized spacial score (nSPS) is 11.1. The molecule has 0 amide bonds. The van der Waals surface area contributed by atoms with Gasteiger partial charge in [-0.2, -0.15) is 0 Å². The lowest BCUT2D eigenvalue weighted by Gasteiger charge is -2.12. The molecule has 3 heteroatoms. The molecular weight excluding hydrogens is 200 g/mol. The van der Waals surface area contributed by atoms with E-state index in [9.17, 15) is 5.11 Å².